The zero-order valence-electron chi connectivity index (χ0n) is 16.6. The molecule has 6 nitrogen and oxygen atoms in total. The lowest BCUT2D eigenvalue weighted by molar-refractivity contribution is 0.196. The third-order valence-corrected chi connectivity index (χ3v) is 4.27. The maximum Gasteiger partial charge on any atom is 0.194 e. The molecule has 2 rings (SSSR count). The van der Waals surface area contributed by atoms with Gasteiger partial charge in [-0.3, -0.25) is 0 Å². The van der Waals surface area contributed by atoms with Gasteiger partial charge >= 0.3 is 0 Å². The fourth-order valence-electron chi connectivity index (χ4n) is 2.66. The van der Waals surface area contributed by atoms with E-state index in [9.17, 15) is 0 Å². The van der Waals surface area contributed by atoms with Crippen LogP contribution in [0.2, 0.25) is 5.02 Å². The topological polar surface area (TPSA) is 66.3 Å². The first-order valence-corrected chi connectivity index (χ1v) is 9.59. The summed E-state index contributed by atoms with van der Waals surface area (Å²) in [6.45, 7) is 4.24. The molecule has 0 unspecified atom stereocenters. The van der Waals surface area contributed by atoms with Crippen molar-refractivity contribution in [3.63, 3.8) is 0 Å². The Morgan fingerprint density at radius 3 is 2.50 bits per heavy atom. The monoisotopic (exact) mass is 405 g/mol. The second-order valence-corrected chi connectivity index (χ2v) is 6.65. The number of methoxy groups -OCH3 is 1. The molecule has 0 spiro atoms. The number of nitrogens with one attached hydrogen (secondary N) is 1. The van der Waals surface area contributed by atoms with Gasteiger partial charge in [0.25, 0.3) is 0 Å². The Morgan fingerprint density at radius 1 is 1.14 bits per heavy atom. The van der Waals surface area contributed by atoms with E-state index in [0.717, 1.165) is 35.2 Å². The van der Waals surface area contributed by atoms with Crippen LogP contribution in [0.4, 0.5) is 0 Å². The largest absolute Gasteiger partial charge is 0.493 e. The average Bonchev–Trinajstić information content (AvgIpc) is 2.71. The fourth-order valence-corrected chi connectivity index (χ4v) is 2.79. The summed E-state index contributed by atoms with van der Waals surface area (Å²) >= 11 is 5.96. The fraction of sp³-hybridized carbons (Fsp3) is 0.381. The Hall–Kier alpha value is -2.44. The smallest absolute Gasteiger partial charge is 0.194 e. The third kappa shape index (κ3) is 6.62. The van der Waals surface area contributed by atoms with Crippen molar-refractivity contribution in [1.82, 2.24) is 10.2 Å². The first-order chi connectivity index (χ1) is 13.6. The first-order valence-electron chi connectivity index (χ1n) is 9.21. The standard InChI is InChI=1S/C21H28ClN3O3/c1-4-23-21(25(2)15-16-5-8-18(22)9-6-16)24-14-17-7-10-19(28-12-11-26)20(13-17)27-3/h5-10,13,26H,4,11-12,14-15H2,1-3H3,(H,23,24). The molecule has 0 aliphatic rings. The van der Waals surface area contributed by atoms with E-state index in [4.69, 9.17) is 31.2 Å². The van der Waals surface area contributed by atoms with E-state index in [1.807, 2.05) is 56.4 Å². The van der Waals surface area contributed by atoms with Crippen LogP contribution >= 0.6 is 11.6 Å². The third-order valence-electron chi connectivity index (χ3n) is 4.02. The molecule has 0 aliphatic carbocycles. The number of guanidine groups is 1. The van der Waals surface area contributed by atoms with Crippen molar-refractivity contribution in [3.8, 4) is 11.5 Å². The van der Waals surface area contributed by atoms with Gasteiger partial charge in [-0.2, -0.15) is 0 Å². The van der Waals surface area contributed by atoms with E-state index < -0.39 is 0 Å². The van der Waals surface area contributed by atoms with E-state index in [-0.39, 0.29) is 13.2 Å². The molecule has 2 aromatic rings. The van der Waals surface area contributed by atoms with Gasteiger partial charge in [0, 0.05) is 25.2 Å². The van der Waals surface area contributed by atoms with Crippen LogP contribution in [0, 0.1) is 0 Å². The summed E-state index contributed by atoms with van der Waals surface area (Å²) in [5, 5.41) is 13.0. The quantitative estimate of drug-likeness (QED) is 0.495. The van der Waals surface area contributed by atoms with Gasteiger partial charge in [-0.15, -0.1) is 0 Å². The summed E-state index contributed by atoms with van der Waals surface area (Å²) in [6.07, 6.45) is 0. The summed E-state index contributed by atoms with van der Waals surface area (Å²) in [7, 11) is 3.60. The summed E-state index contributed by atoms with van der Waals surface area (Å²) in [5.74, 6) is 2.05. The van der Waals surface area contributed by atoms with Crippen LogP contribution < -0.4 is 14.8 Å². The molecule has 0 aromatic heterocycles. The molecule has 0 saturated heterocycles. The van der Waals surface area contributed by atoms with Crippen LogP contribution in [0.1, 0.15) is 18.1 Å². The van der Waals surface area contributed by atoms with E-state index >= 15 is 0 Å². The second kappa shape index (κ2) is 11.4. The van der Waals surface area contributed by atoms with Crippen molar-refractivity contribution in [2.24, 2.45) is 4.99 Å². The van der Waals surface area contributed by atoms with Crippen molar-refractivity contribution in [3.05, 3.63) is 58.6 Å². The highest BCUT2D eigenvalue weighted by atomic mass is 35.5. The maximum atomic E-state index is 8.91. The summed E-state index contributed by atoms with van der Waals surface area (Å²) in [4.78, 5) is 6.81. The van der Waals surface area contributed by atoms with E-state index in [1.165, 1.54) is 0 Å². The lowest BCUT2D eigenvalue weighted by Gasteiger charge is -2.22. The van der Waals surface area contributed by atoms with Crippen LogP contribution in [0.3, 0.4) is 0 Å². The van der Waals surface area contributed by atoms with E-state index in [2.05, 4.69) is 10.2 Å². The molecule has 0 fully saturated rings. The van der Waals surface area contributed by atoms with Gasteiger partial charge in [0.2, 0.25) is 0 Å². The first kappa shape index (κ1) is 21.9. The molecular formula is C21H28ClN3O3. The van der Waals surface area contributed by atoms with Gasteiger partial charge in [-0.25, -0.2) is 4.99 Å². The Labute approximate surface area is 171 Å². The molecule has 28 heavy (non-hydrogen) atoms. The summed E-state index contributed by atoms with van der Waals surface area (Å²) in [6, 6.07) is 13.5. The highest BCUT2D eigenvalue weighted by Crippen LogP contribution is 2.28. The summed E-state index contributed by atoms with van der Waals surface area (Å²) in [5.41, 5.74) is 2.16. The van der Waals surface area contributed by atoms with Gasteiger partial charge in [-0.1, -0.05) is 29.8 Å². The predicted octanol–water partition coefficient (Wildman–Crippen LogP) is 3.32. The van der Waals surface area contributed by atoms with E-state index in [0.29, 0.717) is 18.0 Å². The molecule has 0 saturated carbocycles. The molecule has 0 aliphatic heterocycles. The number of hydrogen-bond donors (Lipinski definition) is 2. The molecule has 7 heteroatoms. The zero-order valence-corrected chi connectivity index (χ0v) is 17.4. The number of aliphatic hydroxyl groups excluding tert-OH is 1. The molecule has 2 aromatic carbocycles. The Balaban J connectivity index is 2.09. The van der Waals surface area contributed by atoms with Crippen LogP contribution in [0.5, 0.6) is 11.5 Å². The number of aliphatic imine (C=N–C) groups is 1. The Morgan fingerprint density at radius 2 is 1.86 bits per heavy atom. The molecule has 152 valence electrons. The number of ether oxygens (including phenoxy) is 2. The minimum atomic E-state index is -0.0405. The molecule has 2 N–H and O–H groups in total. The van der Waals surface area contributed by atoms with Gasteiger partial charge in [-0.05, 0) is 42.3 Å². The lowest BCUT2D eigenvalue weighted by Crippen LogP contribution is -2.38. The van der Waals surface area contributed by atoms with Crippen molar-refractivity contribution in [1.29, 1.82) is 0 Å². The Kier molecular flexibility index (Phi) is 8.91. The Bertz CT molecular complexity index is 766. The number of halogens is 1. The van der Waals surface area contributed by atoms with Crippen LogP contribution in [0.15, 0.2) is 47.5 Å². The highest BCUT2D eigenvalue weighted by Gasteiger charge is 2.09. The van der Waals surface area contributed by atoms with Crippen LogP contribution in [-0.4, -0.2) is 49.9 Å². The van der Waals surface area contributed by atoms with Crippen LogP contribution in [0.25, 0.3) is 0 Å². The molecule has 0 atom stereocenters. The number of aliphatic hydroxyl groups is 1. The lowest BCUT2D eigenvalue weighted by atomic mass is 10.2. The average molecular weight is 406 g/mol. The maximum absolute atomic E-state index is 8.91. The molecule has 0 bridgehead atoms. The van der Waals surface area contributed by atoms with Gasteiger partial charge < -0.3 is 24.8 Å². The summed E-state index contributed by atoms with van der Waals surface area (Å²) < 4.78 is 10.9. The molecule has 0 amide bonds. The molecule has 0 radical (unpaired) electrons. The van der Waals surface area contributed by atoms with Crippen molar-refractivity contribution >= 4 is 17.6 Å². The minimum Gasteiger partial charge on any atom is -0.493 e. The highest BCUT2D eigenvalue weighted by molar-refractivity contribution is 6.30. The molecular weight excluding hydrogens is 378 g/mol. The van der Waals surface area contributed by atoms with Crippen molar-refractivity contribution in [2.45, 2.75) is 20.0 Å². The molecule has 0 heterocycles. The number of rotatable bonds is 9. The van der Waals surface area contributed by atoms with Gasteiger partial charge in [0.05, 0.1) is 20.3 Å². The van der Waals surface area contributed by atoms with Crippen molar-refractivity contribution in [2.75, 3.05) is 33.9 Å². The minimum absolute atomic E-state index is 0.0405. The van der Waals surface area contributed by atoms with Gasteiger partial charge in [0.15, 0.2) is 17.5 Å². The van der Waals surface area contributed by atoms with Crippen LogP contribution in [-0.2, 0) is 13.1 Å². The normalized spacial score (nSPS) is 11.2. The van der Waals surface area contributed by atoms with Gasteiger partial charge in [0.1, 0.15) is 6.61 Å². The van der Waals surface area contributed by atoms with Crippen molar-refractivity contribution < 1.29 is 14.6 Å². The van der Waals surface area contributed by atoms with E-state index in [1.54, 1.807) is 7.11 Å². The second-order valence-electron chi connectivity index (χ2n) is 6.21. The number of benzene rings is 2. The number of nitrogens with zero attached hydrogens (tertiary/aromatic N) is 2. The zero-order chi connectivity index (χ0) is 20.4. The number of hydrogen-bond acceptors (Lipinski definition) is 4. The SMILES string of the molecule is CCNC(=NCc1ccc(OCCO)c(OC)c1)N(C)Cc1ccc(Cl)cc1. The predicted molar refractivity (Wildman–Crippen MR) is 113 cm³/mol.